The van der Waals surface area contributed by atoms with E-state index in [0.717, 1.165) is 23.9 Å². The Balaban J connectivity index is 1.48. The normalized spacial score (nSPS) is 20.4. The van der Waals surface area contributed by atoms with Crippen molar-refractivity contribution < 1.29 is 0 Å². The lowest BCUT2D eigenvalue weighted by Gasteiger charge is -2.33. The van der Waals surface area contributed by atoms with Crippen molar-refractivity contribution in [1.82, 2.24) is 15.1 Å². The van der Waals surface area contributed by atoms with Crippen molar-refractivity contribution in [3.05, 3.63) is 24.3 Å². The number of rotatable bonds is 5. The second-order valence-corrected chi connectivity index (χ2v) is 5.78. The molecule has 1 aliphatic rings. The van der Waals surface area contributed by atoms with Crippen molar-refractivity contribution >= 4 is 16.7 Å². The largest absolute Gasteiger partial charge is 0.368 e. The zero-order valence-electron chi connectivity index (χ0n) is 12.2. The predicted molar refractivity (Wildman–Crippen MR) is 84.1 cm³/mol. The minimum absolute atomic E-state index is 0.759. The SMILES string of the molecule is CC1CCCCN1CCCNc1n[nH]c2ccccc12. The van der Waals surface area contributed by atoms with E-state index >= 15 is 0 Å². The van der Waals surface area contributed by atoms with Gasteiger partial charge in [-0.2, -0.15) is 5.10 Å². The fourth-order valence-corrected chi connectivity index (χ4v) is 3.08. The second-order valence-electron chi connectivity index (χ2n) is 5.78. The quantitative estimate of drug-likeness (QED) is 0.821. The molecule has 2 heterocycles. The van der Waals surface area contributed by atoms with E-state index in [9.17, 15) is 0 Å². The summed E-state index contributed by atoms with van der Waals surface area (Å²) in [5.74, 6) is 0.979. The van der Waals surface area contributed by atoms with Gasteiger partial charge < -0.3 is 10.2 Å². The van der Waals surface area contributed by atoms with Crippen LogP contribution < -0.4 is 5.32 Å². The minimum atomic E-state index is 0.759. The Morgan fingerprint density at radius 2 is 2.25 bits per heavy atom. The summed E-state index contributed by atoms with van der Waals surface area (Å²) in [6.07, 6.45) is 5.29. The van der Waals surface area contributed by atoms with Crippen LogP contribution in [0.4, 0.5) is 5.82 Å². The molecule has 1 fully saturated rings. The maximum atomic E-state index is 4.34. The predicted octanol–water partition coefficient (Wildman–Crippen LogP) is 3.24. The average Bonchev–Trinajstić information content (AvgIpc) is 2.89. The third-order valence-electron chi connectivity index (χ3n) is 4.33. The Kier molecular flexibility index (Phi) is 4.21. The number of anilines is 1. The van der Waals surface area contributed by atoms with Crippen molar-refractivity contribution in [3.8, 4) is 0 Å². The van der Waals surface area contributed by atoms with Crippen molar-refractivity contribution in [3.63, 3.8) is 0 Å². The maximum absolute atomic E-state index is 4.34. The number of aromatic nitrogens is 2. The van der Waals surface area contributed by atoms with Gasteiger partial charge in [-0.1, -0.05) is 18.6 Å². The van der Waals surface area contributed by atoms with Crippen LogP contribution in [0.2, 0.25) is 0 Å². The lowest BCUT2D eigenvalue weighted by atomic mass is 10.0. The number of hydrogen-bond donors (Lipinski definition) is 2. The summed E-state index contributed by atoms with van der Waals surface area (Å²) in [5.41, 5.74) is 1.10. The molecule has 4 nitrogen and oxygen atoms in total. The van der Waals surface area contributed by atoms with Gasteiger partial charge in [0.25, 0.3) is 0 Å². The summed E-state index contributed by atoms with van der Waals surface area (Å²) in [6.45, 7) is 5.80. The van der Waals surface area contributed by atoms with Crippen LogP contribution >= 0.6 is 0 Å². The van der Waals surface area contributed by atoms with Gasteiger partial charge in [-0.3, -0.25) is 5.10 Å². The molecule has 108 valence electrons. The summed E-state index contributed by atoms with van der Waals surface area (Å²) in [6, 6.07) is 9.01. The van der Waals surface area contributed by atoms with Crippen LogP contribution in [0.3, 0.4) is 0 Å². The third kappa shape index (κ3) is 2.96. The summed E-state index contributed by atoms with van der Waals surface area (Å²) in [5, 5.41) is 12.0. The molecule has 20 heavy (non-hydrogen) atoms. The Morgan fingerprint density at radius 1 is 1.35 bits per heavy atom. The monoisotopic (exact) mass is 272 g/mol. The van der Waals surface area contributed by atoms with Gasteiger partial charge in [-0.15, -0.1) is 0 Å². The number of H-pyrrole nitrogens is 1. The molecule has 3 rings (SSSR count). The summed E-state index contributed by atoms with van der Waals surface area (Å²) >= 11 is 0. The van der Waals surface area contributed by atoms with Gasteiger partial charge in [0.2, 0.25) is 0 Å². The molecular weight excluding hydrogens is 248 g/mol. The number of hydrogen-bond acceptors (Lipinski definition) is 3. The van der Waals surface area contributed by atoms with Crippen LogP contribution in [-0.4, -0.2) is 40.8 Å². The topological polar surface area (TPSA) is 44.0 Å². The van der Waals surface area contributed by atoms with Gasteiger partial charge in [0, 0.05) is 24.5 Å². The van der Waals surface area contributed by atoms with Gasteiger partial charge in [0.1, 0.15) is 0 Å². The molecule has 1 aromatic carbocycles. The molecule has 0 spiro atoms. The zero-order valence-corrected chi connectivity index (χ0v) is 12.2. The standard InChI is InChI=1S/C16H24N4/c1-13-7-4-5-11-20(13)12-6-10-17-16-14-8-2-3-9-15(14)18-19-16/h2-3,8-9,13H,4-7,10-12H2,1H3,(H2,17,18,19). The Hall–Kier alpha value is -1.55. The average molecular weight is 272 g/mol. The molecule has 2 aromatic rings. The second kappa shape index (κ2) is 6.27. The van der Waals surface area contributed by atoms with Gasteiger partial charge >= 0.3 is 0 Å². The van der Waals surface area contributed by atoms with Crippen molar-refractivity contribution in [2.75, 3.05) is 25.0 Å². The van der Waals surface area contributed by atoms with E-state index in [-0.39, 0.29) is 0 Å². The molecule has 0 amide bonds. The molecule has 1 aliphatic heterocycles. The highest BCUT2D eigenvalue weighted by Gasteiger charge is 2.17. The Bertz CT molecular complexity index is 548. The van der Waals surface area contributed by atoms with E-state index in [1.54, 1.807) is 0 Å². The minimum Gasteiger partial charge on any atom is -0.368 e. The molecule has 1 atom stereocenters. The lowest BCUT2D eigenvalue weighted by molar-refractivity contribution is 0.160. The first-order valence-electron chi connectivity index (χ1n) is 7.75. The number of fused-ring (bicyclic) bond motifs is 1. The van der Waals surface area contributed by atoms with Crippen LogP contribution in [0.5, 0.6) is 0 Å². The van der Waals surface area contributed by atoms with Crippen LogP contribution in [0.25, 0.3) is 10.9 Å². The molecule has 1 unspecified atom stereocenters. The highest BCUT2D eigenvalue weighted by Crippen LogP contribution is 2.20. The number of benzene rings is 1. The zero-order chi connectivity index (χ0) is 13.8. The van der Waals surface area contributed by atoms with Crippen LogP contribution in [0.1, 0.15) is 32.6 Å². The molecule has 2 N–H and O–H groups in total. The fourth-order valence-electron chi connectivity index (χ4n) is 3.08. The summed E-state index contributed by atoms with van der Waals surface area (Å²) in [4.78, 5) is 2.62. The number of aromatic amines is 1. The molecule has 0 saturated carbocycles. The highest BCUT2D eigenvalue weighted by molar-refractivity contribution is 5.89. The molecule has 4 heteroatoms. The lowest BCUT2D eigenvalue weighted by Crippen LogP contribution is -2.38. The van der Waals surface area contributed by atoms with Crippen molar-refractivity contribution in [1.29, 1.82) is 0 Å². The summed E-state index contributed by atoms with van der Waals surface area (Å²) < 4.78 is 0. The molecule has 1 saturated heterocycles. The smallest absolute Gasteiger partial charge is 0.155 e. The van der Waals surface area contributed by atoms with E-state index in [4.69, 9.17) is 0 Å². The van der Waals surface area contributed by atoms with Crippen LogP contribution in [-0.2, 0) is 0 Å². The number of para-hydroxylation sites is 1. The Labute approximate surface area is 120 Å². The number of nitrogens with one attached hydrogen (secondary N) is 2. The van der Waals surface area contributed by atoms with Crippen molar-refractivity contribution in [2.45, 2.75) is 38.6 Å². The van der Waals surface area contributed by atoms with E-state index < -0.39 is 0 Å². The molecular formula is C16H24N4. The van der Waals surface area contributed by atoms with Crippen LogP contribution in [0, 0.1) is 0 Å². The van der Waals surface area contributed by atoms with Gasteiger partial charge in [0.05, 0.1) is 5.52 Å². The first-order chi connectivity index (χ1) is 9.84. The third-order valence-corrected chi connectivity index (χ3v) is 4.33. The number of nitrogens with zero attached hydrogens (tertiary/aromatic N) is 2. The molecule has 0 radical (unpaired) electrons. The van der Waals surface area contributed by atoms with E-state index in [1.165, 1.54) is 44.2 Å². The van der Waals surface area contributed by atoms with E-state index in [0.29, 0.717) is 0 Å². The first kappa shape index (κ1) is 13.4. The number of piperidine rings is 1. The van der Waals surface area contributed by atoms with Crippen LogP contribution in [0.15, 0.2) is 24.3 Å². The van der Waals surface area contributed by atoms with E-state index in [2.05, 4.69) is 45.5 Å². The van der Waals surface area contributed by atoms with Gasteiger partial charge in [-0.25, -0.2) is 0 Å². The summed E-state index contributed by atoms with van der Waals surface area (Å²) in [7, 11) is 0. The van der Waals surface area contributed by atoms with E-state index in [1.807, 2.05) is 6.07 Å². The Morgan fingerprint density at radius 3 is 3.15 bits per heavy atom. The van der Waals surface area contributed by atoms with Gasteiger partial charge in [0.15, 0.2) is 5.82 Å². The molecule has 0 aliphatic carbocycles. The molecule has 1 aromatic heterocycles. The number of likely N-dealkylation sites (tertiary alicyclic amines) is 1. The molecule has 0 bridgehead atoms. The fraction of sp³-hybridized carbons (Fsp3) is 0.562. The highest BCUT2D eigenvalue weighted by atomic mass is 15.2. The maximum Gasteiger partial charge on any atom is 0.155 e. The van der Waals surface area contributed by atoms with Gasteiger partial charge in [-0.05, 0) is 44.9 Å². The first-order valence-corrected chi connectivity index (χ1v) is 7.75. The van der Waals surface area contributed by atoms with Crippen molar-refractivity contribution in [2.24, 2.45) is 0 Å².